The molecule has 7 nitrogen and oxygen atoms in total. The molecule has 1 amide bonds. The first-order chi connectivity index (χ1) is 8.29. The van der Waals surface area contributed by atoms with Crippen LogP contribution in [-0.4, -0.2) is 50.6 Å². The molecule has 0 unspecified atom stereocenters. The topological polar surface area (TPSA) is 89.9 Å². The number of amides is 1. The lowest BCUT2D eigenvalue weighted by Gasteiger charge is -2.31. The molecule has 0 bridgehead atoms. The molecule has 0 aromatic carbocycles. The van der Waals surface area contributed by atoms with E-state index in [1.165, 1.54) is 11.0 Å². The van der Waals surface area contributed by atoms with E-state index >= 15 is 0 Å². The Hall–Kier alpha value is -1.50. The monoisotopic (exact) mass is 238 g/mol. The molecular formula is C10H18N6O. The quantitative estimate of drug-likeness (QED) is 0.746. The Morgan fingerprint density at radius 2 is 2.18 bits per heavy atom. The zero-order chi connectivity index (χ0) is 12.1. The van der Waals surface area contributed by atoms with Crippen molar-refractivity contribution in [2.75, 3.05) is 19.6 Å². The molecule has 94 valence electrons. The number of aromatic nitrogens is 4. The van der Waals surface area contributed by atoms with E-state index in [2.05, 4.69) is 15.5 Å². The van der Waals surface area contributed by atoms with Crippen molar-refractivity contribution in [1.29, 1.82) is 0 Å². The maximum Gasteiger partial charge on any atom is 0.244 e. The standard InChI is InChI=1S/C10H18N6O/c11-4-1-9-2-5-15(6-3-9)10(17)7-16-8-12-13-14-16/h8-9H,1-7,11H2. The number of carbonyl (C=O) groups is 1. The second kappa shape index (κ2) is 5.72. The number of hydrogen-bond acceptors (Lipinski definition) is 5. The van der Waals surface area contributed by atoms with Gasteiger partial charge < -0.3 is 10.6 Å². The van der Waals surface area contributed by atoms with Gasteiger partial charge in [-0.1, -0.05) is 0 Å². The molecule has 0 aliphatic carbocycles. The van der Waals surface area contributed by atoms with Crippen molar-refractivity contribution in [2.45, 2.75) is 25.8 Å². The fourth-order valence-electron chi connectivity index (χ4n) is 2.20. The van der Waals surface area contributed by atoms with Gasteiger partial charge in [-0.05, 0) is 42.2 Å². The van der Waals surface area contributed by atoms with Gasteiger partial charge in [0.05, 0.1) is 0 Å². The lowest BCUT2D eigenvalue weighted by Crippen LogP contribution is -2.40. The third kappa shape index (κ3) is 3.23. The molecule has 7 heteroatoms. The van der Waals surface area contributed by atoms with E-state index in [0.717, 1.165) is 38.9 Å². The highest BCUT2D eigenvalue weighted by Gasteiger charge is 2.22. The number of likely N-dealkylation sites (tertiary alicyclic amines) is 1. The van der Waals surface area contributed by atoms with Gasteiger partial charge in [-0.15, -0.1) is 5.10 Å². The van der Waals surface area contributed by atoms with Gasteiger partial charge in [-0.3, -0.25) is 4.79 Å². The summed E-state index contributed by atoms with van der Waals surface area (Å²) in [5, 5.41) is 10.7. The van der Waals surface area contributed by atoms with Crippen LogP contribution < -0.4 is 5.73 Å². The lowest BCUT2D eigenvalue weighted by atomic mass is 9.93. The highest BCUT2D eigenvalue weighted by atomic mass is 16.2. The Balaban J connectivity index is 1.78. The van der Waals surface area contributed by atoms with Gasteiger partial charge >= 0.3 is 0 Å². The first-order valence-electron chi connectivity index (χ1n) is 5.98. The molecule has 17 heavy (non-hydrogen) atoms. The number of tetrazole rings is 1. The van der Waals surface area contributed by atoms with E-state index in [1.807, 2.05) is 4.90 Å². The van der Waals surface area contributed by atoms with Gasteiger partial charge in [0, 0.05) is 13.1 Å². The zero-order valence-electron chi connectivity index (χ0n) is 9.83. The summed E-state index contributed by atoms with van der Waals surface area (Å²) in [4.78, 5) is 13.8. The summed E-state index contributed by atoms with van der Waals surface area (Å²) in [5.74, 6) is 0.764. The third-order valence-electron chi connectivity index (χ3n) is 3.23. The summed E-state index contributed by atoms with van der Waals surface area (Å²) >= 11 is 0. The molecule has 1 aromatic heterocycles. The molecule has 0 radical (unpaired) electrons. The average molecular weight is 238 g/mol. The number of rotatable bonds is 4. The van der Waals surface area contributed by atoms with Gasteiger partial charge in [0.1, 0.15) is 12.9 Å². The van der Waals surface area contributed by atoms with Gasteiger partial charge in [0.25, 0.3) is 0 Å². The predicted molar refractivity (Wildman–Crippen MR) is 60.8 cm³/mol. The molecule has 1 fully saturated rings. The summed E-state index contributed by atoms with van der Waals surface area (Å²) in [5.41, 5.74) is 5.54. The molecule has 2 heterocycles. The molecule has 0 atom stereocenters. The van der Waals surface area contributed by atoms with Crippen molar-refractivity contribution in [3.63, 3.8) is 0 Å². The zero-order valence-corrected chi connectivity index (χ0v) is 9.83. The van der Waals surface area contributed by atoms with Crippen molar-refractivity contribution in [1.82, 2.24) is 25.1 Å². The molecule has 0 spiro atoms. The normalized spacial score (nSPS) is 17.4. The number of nitrogens with zero attached hydrogens (tertiary/aromatic N) is 5. The maximum atomic E-state index is 11.9. The molecule has 0 saturated carbocycles. The van der Waals surface area contributed by atoms with Crippen LogP contribution in [0.2, 0.25) is 0 Å². The van der Waals surface area contributed by atoms with Crippen molar-refractivity contribution in [3.05, 3.63) is 6.33 Å². The smallest absolute Gasteiger partial charge is 0.244 e. The molecule has 1 aliphatic rings. The van der Waals surface area contributed by atoms with Crippen LogP contribution in [0.25, 0.3) is 0 Å². The van der Waals surface area contributed by atoms with Gasteiger partial charge in [-0.2, -0.15) is 0 Å². The van der Waals surface area contributed by atoms with Gasteiger partial charge in [-0.25, -0.2) is 4.68 Å². The molecule has 1 saturated heterocycles. The van der Waals surface area contributed by atoms with E-state index < -0.39 is 0 Å². The average Bonchev–Trinajstić information content (AvgIpc) is 2.83. The first kappa shape index (κ1) is 12.0. The maximum absolute atomic E-state index is 11.9. The number of piperidine rings is 1. The fraction of sp³-hybridized carbons (Fsp3) is 0.800. The fourth-order valence-corrected chi connectivity index (χ4v) is 2.20. The molecule has 1 aromatic rings. The van der Waals surface area contributed by atoms with E-state index in [0.29, 0.717) is 5.92 Å². The molecular weight excluding hydrogens is 220 g/mol. The van der Waals surface area contributed by atoms with E-state index in [1.54, 1.807) is 0 Å². The predicted octanol–water partition coefficient (Wildman–Crippen LogP) is -0.739. The largest absolute Gasteiger partial charge is 0.341 e. The minimum Gasteiger partial charge on any atom is -0.341 e. The lowest BCUT2D eigenvalue weighted by molar-refractivity contribution is -0.133. The Bertz CT molecular complexity index is 344. The van der Waals surface area contributed by atoms with Gasteiger partial charge in [0.15, 0.2) is 0 Å². The molecule has 1 aliphatic heterocycles. The van der Waals surface area contributed by atoms with Crippen molar-refractivity contribution in [2.24, 2.45) is 11.7 Å². The van der Waals surface area contributed by atoms with Crippen LogP contribution in [-0.2, 0) is 11.3 Å². The van der Waals surface area contributed by atoms with Crippen LogP contribution in [0.1, 0.15) is 19.3 Å². The van der Waals surface area contributed by atoms with Crippen molar-refractivity contribution in [3.8, 4) is 0 Å². The Morgan fingerprint density at radius 3 is 2.76 bits per heavy atom. The van der Waals surface area contributed by atoms with Crippen LogP contribution in [0.4, 0.5) is 0 Å². The van der Waals surface area contributed by atoms with Crippen LogP contribution in [0.15, 0.2) is 6.33 Å². The molecule has 2 rings (SSSR count). The SMILES string of the molecule is NCCC1CCN(C(=O)Cn2cnnn2)CC1. The highest BCUT2D eigenvalue weighted by molar-refractivity contribution is 5.75. The summed E-state index contributed by atoms with van der Waals surface area (Å²) in [7, 11) is 0. The van der Waals surface area contributed by atoms with Crippen molar-refractivity contribution < 1.29 is 4.79 Å². The summed E-state index contributed by atoms with van der Waals surface area (Å²) in [6, 6.07) is 0. The van der Waals surface area contributed by atoms with Gasteiger partial charge in [0.2, 0.25) is 5.91 Å². The minimum atomic E-state index is 0.0866. The second-order valence-corrected chi connectivity index (χ2v) is 4.41. The number of nitrogens with two attached hydrogens (primary N) is 1. The summed E-state index contributed by atoms with van der Waals surface area (Å²) in [6.07, 6.45) is 4.63. The minimum absolute atomic E-state index is 0.0866. The highest BCUT2D eigenvalue weighted by Crippen LogP contribution is 2.19. The Labute approximate surface area is 100.0 Å². The van der Waals surface area contributed by atoms with E-state index in [-0.39, 0.29) is 12.5 Å². The second-order valence-electron chi connectivity index (χ2n) is 4.41. The van der Waals surface area contributed by atoms with Crippen LogP contribution >= 0.6 is 0 Å². The van der Waals surface area contributed by atoms with Crippen LogP contribution in [0.3, 0.4) is 0 Å². The van der Waals surface area contributed by atoms with E-state index in [4.69, 9.17) is 5.73 Å². The van der Waals surface area contributed by atoms with Crippen molar-refractivity contribution >= 4 is 5.91 Å². The third-order valence-corrected chi connectivity index (χ3v) is 3.23. The number of hydrogen-bond donors (Lipinski definition) is 1. The first-order valence-corrected chi connectivity index (χ1v) is 5.98. The summed E-state index contributed by atoms with van der Waals surface area (Å²) in [6.45, 7) is 2.62. The molecule has 2 N–H and O–H groups in total. The Kier molecular flexibility index (Phi) is 4.03. The summed E-state index contributed by atoms with van der Waals surface area (Å²) < 4.78 is 1.45. The van der Waals surface area contributed by atoms with E-state index in [9.17, 15) is 4.79 Å². The van der Waals surface area contributed by atoms with Crippen LogP contribution in [0, 0.1) is 5.92 Å². The Morgan fingerprint density at radius 1 is 1.41 bits per heavy atom. The number of carbonyl (C=O) groups excluding carboxylic acids is 1. The van der Waals surface area contributed by atoms with Crippen LogP contribution in [0.5, 0.6) is 0 Å².